The predicted octanol–water partition coefficient (Wildman–Crippen LogP) is 3.77. The van der Waals surface area contributed by atoms with E-state index in [1.54, 1.807) is 12.4 Å². The highest BCUT2D eigenvalue weighted by atomic mass is 16.2. The first-order valence-corrected chi connectivity index (χ1v) is 12.1. The molecule has 0 N–H and O–H groups in total. The van der Waals surface area contributed by atoms with Crippen LogP contribution in [0.4, 0.5) is 5.82 Å². The fourth-order valence-electron chi connectivity index (χ4n) is 5.07. The van der Waals surface area contributed by atoms with Crippen molar-refractivity contribution in [2.45, 2.75) is 50.5 Å². The number of anilines is 1. The van der Waals surface area contributed by atoms with Crippen molar-refractivity contribution in [1.29, 1.82) is 5.26 Å². The van der Waals surface area contributed by atoms with Crippen LogP contribution in [0.1, 0.15) is 61.4 Å². The molecular formula is C26H28N6O. The summed E-state index contributed by atoms with van der Waals surface area (Å²) in [5, 5.41) is 10.0. The molecule has 7 nitrogen and oxygen atoms in total. The van der Waals surface area contributed by atoms with Gasteiger partial charge in [0.1, 0.15) is 18.2 Å². The lowest BCUT2D eigenvalue weighted by atomic mass is 10.0. The molecule has 0 spiro atoms. The standard InChI is InChI=1S/C26H28N6O/c1-2-20-12-22(29-15-28-20)21-11-19(13-27)25(30-24(21)17-5-6-17)31-9-10-32(26(33)18-7-8-18)23(14-31)16-3-4-16/h2,11-12,15-18,23H,1,3-10,14H2/t23-/m1/s1. The normalized spacial score (nSPS) is 22.7. The average Bonchev–Trinajstić information content (AvgIpc) is 3.72. The van der Waals surface area contributed by atoms with Gasteiger partial charge in [0.2, 0.25) is 5.91 Å². The summed E-state index contributed by atoms with van der Waals surface area (Å²) in [6.07, 6.45) is 9.93. The molecule has 3 aliphatic carbocycles. The van der Waals surface area contributed by atoms with Crippen molar-refractivity contribution in [2.24, 2.45) is 11.8 Å². The van der Waals surface area contributed by atoms with Gasteiger partial charge in [-0.3, -0.25) is 4.79 Å². The van der Waals surface area contributed by atoms with Gasteiger partial charge in [0.05, 0.1) is 28.7 Å². The number of nitrogens with zero attached hydrogens (tertiary/aromatic N) is 6. The minimum atomic E-state index is 0.237. The van der Waals surface area contributed by atoms with Gasteiger partial charge >= 0.3 is 0 Å². The lowest BCUT2D eigenvalue weighted by Crippen LogP contribution is -2.57. The van der Waals surface area contributed by atoms with E-state index in [9.17, 15) is 10.1 Å². The van der Waals surface area contributed by atoms with Crippen LogP contribution in [0.15, 0.2) is 25.0 Å². The van der Waals surface area contributed by atoms with E-state index < -0.39 is 0 Å². The van der Waals surface area contributed by atoms with Crippen LogP contribution in [0.3, 0.4) is 0 Å². The van der Waals surface area contributed by atoms with E-state index in [2.05, 4.69) is 32.4 Å². The van der Waals surface area contributed by atoms with Crippen LogP contribution >= 0.6 is 0 Å². The van der Waals surface area contributed by atoms with Gasteiger partial charge in [-0.25, -0.2) is 15.0 Å². The van der Waals surface area contributed by atoms with Crippen LogP contribution in [-0.2, 0) is 4.79 Å². The molecule has 168 valence electrons. The fraction of sp³-hybridized carbons (Fsp3) is 0.500. The summed E-state index contributed by atoms with van der Waals surface area (Å²) in [6.45, 7) is 6.02. The summed E-state index contributed by atoms with van der Waals surface area (Å²) in [7, 11) is 0. The Balaban J connectivity index is 1.35. The number of piperazine rings is 1. The van der Waals surface area contributed by atoms with Gasteiger partial charge in [-0.1, -0.05) is 6.58 Å². The van der Waals surface area contributed by atoms with Gasteiger partial charge < -0.3 is 9.80 Å². The van der Waals surface area contributed by atoms with Crippen LogP contribution < -0.4 is 4.90 Å². The molecule has 0 bridgehead atoms. The van der Waals surface area contributed by atoms with Gasteiger partial charge in [-0.05, 0) is 62.7 Å². The summed E-state index contributed by atoms with van der Waals surface area (Å²) in [5.74, 6) is 2.35. The molecule has 3 heterocycles. The number of rotatable bonds is 6. The summed E-state index contributed by atoms with van der Waals surface area (Å²) in [4.78, 5) is 31.1. The Bertz CT molecular complexity index is 1160. The van der Waals surface area contributed by atoms with Crippen LogP contribution in [0.5, 0.6) is 0 Å². The number of nitriles is 1. The van der Waals surface area contributed by atoms with Crippen LogP contribution in [-0.4, -0.2) is 51.4 Å². The third-order valence-corrected chi connectivity index (χ3v) is 7.38. The van der Waals surface area contributed by atoms with Crippen molar-refractivity contribution in [1.82, 2.24) is 19.9 Å². The highest BCUT2D eigenvalue weighted by Gasteiger charge is 2.45. The molecule has 2 aromatic heterocycles. The number of pyridine rings is 1. The smallest absolute Gasteiger partial charge is 0.226 e. The second-order valence-corrected chi connectivity index (χ2v) is 9.87. The molecule has 1 amide bonds. The quantitative estimate of drug-likeness (QED) is 0.680. The van der Waals surface area contributed by atoms with E-state index in [1.807, 2.05) is 12.1 Å². The highest BCUT2D eigenvalue weighted by molar-refractivity contribution is 5.82. The first-order chi connectivity index (χ1) is 16.2. The van der Waals surface area contributed by atoms with E-state index in [4.69, 9.17) is 4.98 Å². The van der Waals surface area contributed by atoms with E-state index in [1.165, 1.54) is 12.8 Å². The van der Waals surface area contributed by atoms with Crippen molar-refractivity contribution in [2.75, 3.05) is 24.5 Å². The SMILES string of the molecule is C=Cc1cc(-c2cc(C#N)c(N3CCN(C(=O)C4CC4)[C@@H](C4CC4)C3)nc2C2CC2)ncn1. The minimum absolute atomic E-state index is 0.237. The molecule has 0 aromatic carbocycles. The highest BCUT2D eigenvalue weighted by Crippen LogP contribution is 2.45. The van der Waals surface area contributed by atoms with E-state index in [0.717, 1.165) is 73.8 Å². The first kappa shape index (κ1) is 20.3. The molecule has 4 aliphatic rings. The number of hydrogen-bond acceptors (Lipinski definition) is 6. The number of hydrogen-bond donors (Lipinski definition) is 0. The largest absolute Gasteiger partial charge is 0.352 e. The summed E-state index contributed by atoms with van der Waals surface area (Å²) >= 11 is 0. The maximum absolute atomic E-state index is 12.9. The zero-order valence-corrected chi connectivity index (χ0v) is 18.8. The van der Waals surface area contributed by atoms with E-state index >= 15 is 0 Å². The Morgan fingerprint density at radius 3 is 2.61 bits per heavy atom. The lowest BCUT2D eigenvalue weighted by molar-refractivity contribution is -0.135. The maximum atomic E-state index is 12.9. The van der Waals surface area contributed by atoms with Crippen LogP contribution in [0.25, 0.3) is 17.3 Å². The predicted molar refractivity (Wildman–Crippen MR) is 125 cm³/mol. The topological polar surface area (TPSA) is 86.0 Å². The lowest BCUT2D eigenvalue weighted by Gasteiger charge is -2.43. The fourth-order valence-corrected chi connectivity index (χ4v) is 5.07. The molecular weight excluding hydrogens is 412 g/mol. The van der Waals surface area contributed by atoms with Crippen molar-refractivity contribution >= 4 is 17.8 Å². The van der Waals surface area contributed by atoms with Gasteiger partial charge in [-0.15, -0.1) is 0 Å². The molecule has 1 atom stereocenters. The Labute approximate surface area is 194 Å². The van der Waals surface area contributed by atoms with Crippen LogP contribution in [0.2, 0.25) is 0 Å². The maximum Gasteiger partial charge on any atom is 0.226 e. The number of amides is 1. The van der Waals surface area contributed by atoms with Crippen molar-refractivity contribution in [3.63, 3.8) is 0 Å². The molecule has 33 heavy (non-hydrogen) atoms. The zero-order chi connectivity index (χ0) is 22.5. The van der Waals surface area contributed by atoms with E-state index in [0.29, 0.717) is 23.3 Å². The zero-order valence-electron chi connectivity index (χ0n) is 18.8. The van der Waals surface area contributed by atoms with Crippen molar-refractivity contribution < 1.29 is 4.79 Å². The summed E-state index contributed by atoms with van der Waals surface area (Å²) < 4.78 is 0. The van der Waals surface area contributed by atoms with Gasteiger partial charge in [0.15, 0.2) is 0 Å². The number of carbonyl (C=O) groups is 1. The molecule has 4 fully saturated rings. The molecule has 0 radical (unpaired) electrons. The molecule has 1 saturated heterocycles. The Hall–Kier alpha value is -3.27. The molecule has 7 heteroatoms. The number of aromatic nitrogens is 3. The average molecular weight is 441 g/mol. The minimum Gasteiger partial charge on any atom is -0.352 e. The molecule has 1 aliphatic heterocycles. The Kier molecular flexibility index (Phi) is 4.90. The molecule has 6 rings (SSSR count). The van der Waals surface area contributed by atoms with Crippen molar-refractivity contribution in [3.05, 3.63) is 42.0 Å². The Morgan fingerprint density at radius 1 is 1.12 bits per heavy atom. The summed E-state index contributed by atoms with van der Waals surface area (Å²) in [5.41, 5.74) is 4.06. The van der Waals surface area contributed by atoms with Gasteiger partial charge in [-0.2, -0.15) is 5.26 Å². The van der Waals surface area contributed by atoms with Crippen LogP contribution in [0, 0.1) is 23.2 Å². The second-order valence-electron chi connectivity index (χ2n) is 9.87. The van der Waals surface area contributed by atoms with Crippen molar-refractivity contribution in [3.8, 4) is 17.3 Å². The van der Waals surface area contributed by atoms with Gasteiger partial charge in [0.25, 0.3) is 0 Å². The third-order valence-electron chi connectivity index (χ3n) is 7.38. The Morgan fingerprint density at radius 2 is 1.94 bits per heavy atom. The third kappa shape index (κ3) is 3.88. The summed E-state index contributed by atoms with van der Waals surface area (Å²) in [6, 6.07) is 6.49. The van der Waals surface area contributed by atoms with E-state index in [-0.39, 0.29) is 12.0 Å². The first-order valence-electron chi connectivity index (χ1n) is 12.1. The second kappa shape index (κ2) is 7.95. The molecule has 3 saturated carbocycles. The van der Waals surface area contributed by atoms with Gasteiger partial charge in [0, 0.05) is 37.0 Å². The molecule has 2 aromatic rings. The monoisotopic (exact) mass is 440 g/mol. The molecule has 0 unspecified atom stereocenters. The number of carbonyl (C=O) groups excluding carboxylic acids is 1.